The number of benzene rings is 1. The second-order valence-electron chi connectivity index (χ2n) is 4.42. The molecule has 0 radical (unpaired) electrons. The molecule has 0 aliphatic rings. The SMILES string of the molecule is CCC(C(N)=S)S(=O)(=O)NCCc1ccccc1C. The standard InChI is InChI=1S/C13H20N2O2S2/c1-3-12(13(14)18)19(16,17)15-9-8-11-7-5-4-6-10(11)2/h4-7,12,15H,3,8-9H2,1-2H3,(H2,14,18). The highest BCUT2D eigenvalue weighted by Gasteiger charge is 2.25. The second-order valence-corrected chi connectivity index (χ2v) is 6.83. The first-order chi connectivity index (χ1) is 8.88. The third-order valence-corrected chi connectivity index (χ3v) is 5.40. The van der Waals surface area contributed by atoms with E-state index in [4.69, 9.17) is 18.0 Å². The average molecular weight is 300 g/mol. The monoisotopic (exact) mass is 300 g/mol. The van der Waals surface area contributed by atoms with Gasteiger partial charge in [0.25, 0.3) is 0 Å². The summed E-state index contributed by atoms with van der Waals surface area (Å²) in [6.07, 6.45) is 1.04. The van der Waals surface area contributed by atoms with Crippen LogP contribution in [0.3, 0.4) is 0 Å². The summed E-state index contributed by atoms with van der Waals surface area (Å²) in [6.45, 7) is 4.12. The molecular weight excluding hydrogens is 280 g/mol. The summed E-state index contributed by atoms with van der Waals surface area (Å²) >= 11 is 4.79. The molecule has 6 heteroatoms. The first-order valence-corrected chi connectivity index (χ1v) is 8.16. The Morgan fingerprint density at radius 3 is 2.58 bits per heavy atom. The molecule has 0 aromatic heterocycles. The number of nitrogens with two attached hydrogens (primary N) is 1. The van der Waals surface area contributed by atoms with Gasteiger partial charge in [-0.05, 0) is 30.9 Å². The Kier molecular flexibility index (Phi) is 5.90. The molecule has 1 unspecified atom stereocenters. The van der Waals surface area contributed by atoms with Crippen LogP contribution in [0.5, 0.6) is 0 Å². The van der Waals surface area contributed by atoms with Gasteiger partial charge in [0.1, 0.15) is 5.25 Å². The lowest BCUT2D eigenvalue weighted by atomic mass is 10.1. The quantitative estimate of drug-likeness (QED) is 0.749. The van der Waals surface area contributed by atoms with Gasteiger partial charge in [-0.1, -0.05) is 43.4 Å². The van der Waals surface area contributed by atoms with E-state index in [1.165, 1.54) is 0 Å². The van der Waals surface area contributed by atoms with E-state index < -0.39 is 15.3 Å². The lowest BCUT2D eigenvalue weighted by Gasteiger charge is -2.15. The molecule has 0 bridgehead atoms. The van der Waals surface area contributed by atoms with Crippen LogP contribution in [0.4, 0.5) is 0 Å². The Morgan fingerprint density at radius 1 is 1.42 bits per heavy atom. The van der Waals surface area contributed by atoms with E-state index in [0.29, 0.717) is 19.4 Å². The van der Waals surface area contributed by atoms with Crippen molar-refractivity contribution in [2.24, 2.45) is 5.73 Å². The Labute approximate surface area is 120 Å². The van der Waals surface area contributed by atoms with Crippen molar-refractivity contribution in [2.75, 3.05) is 6.54 Å². The molecule has 3 N–H and O–H groups in total. The topological polar surface area (TPSA) is 72.2 Å². The summed E-state index contributed by atoms with van der Waals surface area (Å²) in [6, 6.07) is 7.91. The number of hydrogen-bond donors (Lipinski definition) is 2. The zero-order chi connectivity index (χ0) is 14.5. The van der Waals surface area contributed by atoms with Crippen LogP contribution in [0, 0.1) is 6.92 Å². The zero-order valence-electron chi connectivity index (χ0n) is 11.2. The smallest absolute Gasteiger partial charge is 0.221 e. The van der Waals surface area contributed by atoms with E-state index in [0.717, 1.165) is 11.1 Å². The van der Waals surface area contributed by atoms with Gasteiger partial charge < -0.3 is 5.73 Å². The highest BCUT2D eigenvalue weighted by molar-refractivity contribution is 7.93. The first kappa shape index (κ1) is 16.1. The number of nitrogens with one attached hydrogen (secondary N) is 1. The van der Waals surface area contributed by atoms with Crippen molar-refractivity contribution in [1.82, 2.24) is 4.72 Å². The maximum absolute atomic E-state index is 12.0. The molecule has 0 aliphatic heterocycles. The second kappa shape index (κ2) is 6.98. The largest absolute Gasteiger partial charge is 0.392 e. The third-order valence-electron chi connectivity index (χ3n) is 3.02. The van der Waals surface area contributed by atoms with Gasteiger partial charge in [0.2, 0.25) is 10.0 Å². The summed E-state index contributed by atoms with van der Waals surface area (Å²) in [4.78, 5) is 0.0193. The van der Waals surface area contributed by atoms with E-state index in [1.54, 1.807) is 6.92 Å². The third kappa shape index (κ3) is 4.56. The highest BCUT2D eigenvalue weighted by Crippen LogP contribution is 2.08. The van der Waals surface area contributed by atoms with Crippen LogP contribution in [0.1, 0.15) is 24.5 Å². The molecule has 0 saturated heterocycles. The number of sulfonamides is 1. The molecule has 1 aromatic rings. The lowest BCUT2D eigenvalue weighted by molar-refractivity contribution is 0.574. The predicted octanol–water partition coefficient (Wildman–Crippen LogP) is 1.52. The van der Waals surface area contributed by atoms with Gasteiger partial charge in [0, 0.05) is 6.54 Å². The van der Waals surface area contributed by atoms with Crippen molar-refractivity contribution in [1.29, 1.82) is 0 Å². The summed E-state index contributed by atoms with van der Waals surface area (Å²) < 4.78 is 26.6. The summed E-state index contributed by atoms with van der Waals surface area (Å²) in [7, 11) is -3.47. The van der Waals surface area contributed by atoms with Crippen molar-refractivity contribution in [3.8, 4) is 0 Å². The molecule has 1 rings (SSSR count). The molecule has 106 valence electrons. The Balaban J connectivity index is 2.62. The summed E-state index contributed by atoms with van der Waals surface area (Å²) in [5, 5.41) is -0.792. The van der Waals surface area contributed by atoms with Gasteiger partial charge in [-0.15, -0.1) is 0 Å². The number of aryl methyl sites for hydroxylation is 1. The lowest BCUT2D eigenvalue weighted by Crippen LogP contribution is -2.42. The fraction of sp³-hybridized carbons (Fsp3) is 0.462. The van der Waals surface area contributed by atoms with Gasteiger partial charge >= 0.3 is 0 Å². The highest BCUT2D eigenvalue weighted by atomic mass is 32.2. The Bertz CT molecular complexity index is 541. The molecule has 1 atom stereocenters. The average Bonchev–Trinajstić information content (AvgIpc) is 2.31. The van der Waals surface area contributed by atoms with E-state index in [2.05, 4.69) is 4.72 Å². The number of hydrogen-bond acceptors (Lipinski definition) is 3. The van der Waals surface area contributed by atoms with Gasteiger partial charge in [0.05, 0.1) is 4.99 Å². The normalized spacial score (nSPS) is 13.2. The molecule has 0 saturated carbocycles. The van der Waals surface area contributed by atoms with Gasteiger partial charge in [-0.2, -0.15) is 0 Å². The molecule has 0 heterocycles. The van der Waals surface area contributed by atoms with Crippen LogP contribution in [0.15, 0.2) is 24.3 Å². The van der Waals surface area contributed by atoms with Crippen molar-refractivity contribution in [3.63, 3.8) is 0 Å². The van der Waals surface area contributed by atoms with Crippen molar-refractivity contribution < 1.29 is 8.42 Å². The van der Waals surface area contributed by atoms with Crippen LogP contribution in [0.25, 0.3) is 0 Å². The fourth-order valence-electron chi connectivity index (χ4n) is 1.89. The van der Waals surface area contributed by atoms with Crippen LogP contribution in [-0.2, 0) is 16.4 Å². The van der Waals surface area contributed by atoms with Gasteiger partial charge in [-0.3, -0.25) is 0 Å². The van der Waals surface area contributed by atoms with Crippen molar-refractivity contribution >= 4 is 27.2 Å². The minimum absolute atomic E-state index is 0.0193. The van der Waals surface area contributed by atoms with Crippen molar-refractivity contribution in [2.45, 2.75) is 31.9 Å². The van der Waals surface area contributed by atoms with Crippen LogP contribution in [-0.4, -0.2) is 25.2 Å². The molecule has 19 heavy (non-hydrogen) atoms. The van der Waals surface area contributed by atoms with Gasteiger partial charge in [-0.25, -0.2) is 13.1 Å². The maximum Gasteiger partial charge on any atom is 0.221 e. The predicted molar refractivity (Wildman–Crippen MR) is 82.7 cm³/mol. The number of rotatable bonds is 7. The van der Waals surface area contributed by atoms with E-state index >= 15 is 0 Å². The van der Waals surface area contributed by atoms with Crippen LogP contribution in [0.2, 0.25) is 0 Å². The molecule has 4 nitrogen and oxygen atoms in total. The molecule has 0 spiro atoms. The van der Waals surface area contributed by atoms with E-state index in [9.17, 15) is 8.42 Å². The Morgan fingerprint density at radius 2 is 2.05 bits per heavy atom. The minimum atomic E-state index is -3.47. The Hall–Kier alpha value is -0.980. The fourth-order valence-corrected chi connectivity index (χ4v) is 3.77. The minimum Gasteiger partial charge on any atom is -0.392 e. The molecule has 1 aromatic carbocycles. The van der Waals surface area contributed by atoms with Crippen molar-refractivity contribution in [3.05, 3.63) is 35.4 Å². The van der Waals surface area contributed by atoms with Gasteiger partial charge in [0.15, 0.2) is 0 Å². The first-order valence-electron chi connectivity index (χ1n) is 6.20. The number of thiocarbonyl (C=S) groups is 1. The molecule has 0 amide bonds. The summed E-state index contributed by atoms with van der Waals surface area (Å²) in [5.74, 6) is 0. The van der Waals surface area contributed by atoms with Crippen LogP contribution >= 0.6 is 12.2 Å². The van der Waals surface area contributed by atoms with E-state index in [-0.39, 0.29) is 4.99 Å². The summed E-state index contributed by atoms with van der Waals surface area (Å²) in [5.41, 5.74) is 7.74. The molecule has 0 fully saturated rings. The van der Waals surface area contributed by atoms with Crippen LogP contribution < -0.4 is 10.5 Å². The zero-order valence-corrected chi connectivity index (χ0v) is 12.9. The molecular formula is C13H20N2O2S2. The van der Waals surface area contributed by atoms with E-state index in [1.807, 2.05) is 31.2 Å². The molecule has 0 aliphatic carbocycles. The maximum atomic E-state index is 12.0.